The van der Waals surface area contributed by atoms with E-state index in [1.807, 2.05) is 73.0 Å². The minimum absolute atomic E-state index is 0. The molecule has 5 rings (SSSR count). The zero-order chi connectivity index (χ0) is 30.0. The summed E-state index contributed by atoms with van der Waals surface area (Å²) in [6.07, 6.45) is -2.18. The second kappa shape index (κ2) is 14.0. The third-order valence-electron chi connectivity index (χ3n) is 7.69. The number of aliphatic hydroxyl groups excluding tert-OH is 2. The fourth-order valence-corrected chi connectivity index (χ4v) is 5.99. The summed E-state index contributed by atoms with van der Waals surface area (Å²) in [4.78, 5) is 25.3. The van der Waals surface area contributed by atoms with Gasteiger partial charge in [0.25, 0.3) is 5.56 Å². The van der Waals surface area contributed by atoms with Crippen LogP contribution in [0.2, 0.25) is 0 Å². The number of carbonyl (C=O) groups is 1. The van der Waals surface area contributed by atoms with E-state index in [2.05, 4.69) is 0 Å². The van der Waals surface area contributed by atoms with Crippen molar-refractivity contribution in [2.24, 2.45) is 0 Å². The van der Waals surface area contributed by atoms with Crippen LogP contribution in [-0.4, -0.2) is 37.5 Å². The minimum atomic E-state index is -1.37. The predicted molar refractivity (Wildman–Crippen MR) is 160 cm³/mol. The summed E-state index contributed by atoms with van der Waals surface area (Å²) >= 11 is 0. The molecule has 0 saturated heterocycles. The summed E-state index contributed by atoms with van der Waals surface area (Å²) in [6, 6.07) is 23.6. The summed E-state index contributed by atoms with van der Waals surface area (Å²) in [5, 5.41) is 33.4. The van der Waals surface area contributed by atoms with Crippen molar-refractivity contribution in [1.82, 2.24) is 9.13 Å². The monoisotopic (exact) mass is 592 g/mol. The Morgan fingerprint density at radius 2 is 1.65 bits per heavy atom. The number of aromatic nitrogens is 2. The van der Waals surface area contributed by atoms with Crippen molar-refractivity contribution in [3.8, 4) is 11.1 Å². The van der Waals surface area contributed by atoms with Crippen LogP contribution in [0.3, 0.4) is 0 Å². The first-order chi connectivity index (χ1) is 20.2. The molecule has 0 spiro atoms. The quantitative estimate of drug-likeness (QED) is 0.227. The Balaban J connectivity index is 0.00000423. The van der Waals surface area contributed by atoms with E-state index in [9.17, 15) is 29.3 Å². The number of pyridine rings is 1. The molecule has 0 radical (unpaired) electrons. The Bertz CT molecular complexity index is 1800. The number of carbonyl (C=O) groups excluding carboxylic acids is 1. The normalized spacial score (nSPS) is 12.9. The second-order valence-corrected chi connectivity index (χ2v) is 11.1. The van der Waals surface area contributed by atoms with Crippen LogP contribution in [0, 0.1) is 5.82 Å². The molecule has 2 atom stereocenters. The number of benzene rings is 3. The molecule has 0 fully saturated rings. The molecule has 2 N–H and O–H groups in total. The maximum absolute atomic E-state index is 14.4. The van der Waals surface area contributed by atoms with Crippen molar-refractivity contribution < 1.29 is 54.1 Å². The van der Waals surface area contributed by atoms with E-state index < -0.39 is 24.6 Å². The molecule has 2 aromatic heterocycles. The van der Waals surface area contributed by atoms with Crippen molar-refractivity contribution in [2.75, 3.05) is 0 Å². The number of hydrogen-bond acceptors (Lipinski definition) is 5. The molecule has 0 aliphatic carbocycles. The fraction of sp³-hybridized carbons (Fsp3) is 0.294. The predicted octanol–water partition coefficient (Wildman–Crippen LogP) is 1.58. The SMILES string of the molecule is CC(C)n1c(CC[C@@H](O)C[C@@H](O)CC(=O)[O-])c(-c2ccccc2)c2c3ccccc3n(Cc3cccc(F)c3)c(=O)c21.[Na+]. The van der Waals surface area contributed by atoms with Gasteiger partial charge in [-0.3, -0.25) is 4.79 Å². The van der Waals surface area contributed by atoms with Gasteiger partial charge in [0, 0.05) is 40.5 Å². The van der Waals surface area contributed by atoms with E-state index in [0.29, 0.717) is 17.5 Å². The maximum atomic E-state index is 14.4. The van der Waals surface area contributed by atoms with Crippen LogP contribution >= 0.6 is 0 Å². The van der Waals surface area contributed by atoms with E-state index in [1.54, 1.807) is 16.7 Å². The molecule has 0 unspecified atom stereocenters. The molecule has 2 heterocycles. The number of carboxylic acid groups (broad SMARTS) is 1. The van der Waals surface area contributed by atoms with E-state index in [4.69, 9.17) is 0 Å². The van der Waals surface area contributed by atoms with Gasteiger partial charge < -0.3 is 29.2 Å². The van der Waals surface area contributed by atoms with E-state index in [1.165, 1.54) is 12.1 Å². The van der Waals surface area contributed by atoms with Crippen molar-refractivity contribution in [3.63, 3.8) is 0 Å². The summed E-state index contributed by atoms with van der Waals surface area (Å²) < 4.78 is 17.8. The first-order valence-electron chi connectivity index (χ1n) is 14.2. The smallest absolute Gasteiger partial charge is 0.550 e. The average molecular weight is 593 g/mol. The molecule has 3 aromatic carbocycles. The van der Waals surface area contributed by atoms with Gasteiger partial charge in [0.1, 0.15) is 11.3 Å². The Kier molecular flexibility index (Phi) is 10.6. The van der Waals surface area contributed by atoms with Gasteiger partial charge >= 0.3 is 29.6 Å². The molecule has 43 heavy (non-hydrogen) atoms. The Hall–Kier alpha value is -3.27. The summed E-state index contributed by atoms with van der Waals surface area (Å²) in [6.45, 7) is 4.20. The molecule has 0 saturated carbocycles. The van der Waals surface area contributed by atoms with Crippen LogP contribution in [0.25, 0.3) is 32.9 Å². The topological polar surface area (TPSA) is 108 Å². The van der Waals surface area contributed by atoms with Crippen LogP contribution in [0.1, 0.15) is 50.4 Å². The van der Waals surface area contributed by atoms with Crippen LogP contribution in [0.5, 0.6) is 0 Å². The maximum Gasteiger partial charge on any atom is 1.00 e. The van der Waals surface area contributed by atoms with Gasteiger partial charge in [-0.2, -0.15) is 0 Å². The van der Waals surface area contributed by atoms with Crippen LogP contribution < -0.4 is 40.2 Å². The molecular formula is C34H34FN2NaO5. The Morgan fingerprint density at radius 1 is 0.953 bits per heavy atom. The number of para-hydroxylation sites is 1. The molecule has 0 amide bonds. The largest absolute Gasteiger partial charge is 1.00 e. The van der Waals surface area contributed by atoms with Crippen molar-refractivity contribution >= 4 is 27.8 Å². The van der Waals surface area contributed by atoms with Crippen LogP contribution in [-0.2, 0) is 17.8 Å². The van der Waals surface area contributed by atoms with Crippen LogP contribution in [0.15, 0.2) is 83.7 Å². The summed E-state index contributed by atoms with van der Waals surface area (Å²) in [7, 11) is 0. The molecule has 9 heteroatoms. The number of fused-ring (bicyclic) bond motifs is 3. The van der Waals surface area contributed by atoms with E-state index in [-0.39, 0.29) is 66.4 Å². The van der Waals surface area contributed by atoms with Gasteiger partial charge in [0.2, 0.25) is 0 Å². The standard InChI is InChI=1S/C34H35FN2O5.Na/c1-21(2)37-29(16-15-25(38)18-26(39)19-30(40)41)31(23-10-4-3-5-11-23)32-27-13-6-7-14-28(27)36(34(42)33(32)37)20-22-9-8-12-24(35)17-22;/h3-14,17,21,25-26,38-39H,15-16,18-20H2,1-2H3,(H,40,41);/q;+1/p-1/t25-,26-;/m1./s1. The van der Waals surface area contributed by atoms with Crippen molar-refractivity contribution in [1.29, 1.82) is 0 Å². The second-order valence-electron chi connectivity index (χ2n) is 11.1. The molecule has 0 aliphatic heterocycles. The van der Waals surface area contributed by atoms with Crippen molar-refractivity contribution in [2.45, 2.75) is 64.3 Å². The molecule has 5 aromatic rings. The number of halogens is 1. The number of aliphatic hydroxyl groups is 2. The van der Waals surface area contributed by atoms with Gasteiger partial charge in [-0.15, -0.1) is 0 Å². The van der Waals surface area contributed by atoms with Crippen molar-refractivity contribution in [3.05, 3.63) is 106 Å². The van der Waals surface area contributed by atoms with E-state index in [0.717, 1.165) is 33.1 Å². The number of hydrogen-bond donors (Lipinski definition) is 2. The number of aliphatic carboxylic acids is 1. The van der Waals surface area contributed by atoms with Gasteiger partial charge in [-0.05, 0) is 62.4 Å². The van der Waals surface area contributed by atoms with Gasteiger partial charge in [-0.25, -0.2) is 4.39 Å². The minimum Gasteiger partial charge on any atom is -0.550 e. The van der Waals surface area contributed by atoms with Gasteiger partial charge in [0.05, 0.1) is 24.3 Å². The third kappa shape index (κ3) is 6.95. The molecular weight excluding hydrogens is 558 g/mol. The number of rotatable bonds is 11. The zero-order valence-electron chi connectivity index (χ0n) is 24.7. The van der Waals surface area contributed by atoms with Crippen LogP contribution in [0.4, 0.5) is 4.39 Å². The fourth-order valence-electron chi connectivity index (χ4n) is 5.99. The van der Waals surface area contributed by atoms with Gasteiger partial charge in [0.15, 0.2) is 0 Å². The molecule has 7 nitrogen and oxygen atoms in total. The molecule has 0 bridgehead atoms. The number of nitrogens with zero attached hydrogens (tertiary/aromatic N) is 2. The summed E-state index contributed by atoms with van der Waals surface area (Å²) in [5.74, 6) is -1.74. The first kappa shape index (κ1) is 32.6. The summed E-state index contributed by atoms with van der Waals surface area (Å²) in [5.41, 5.74) is 4.42. The third-order valence-corrected chi connectivity index (χ3v) is 7.69. The molecule has 0 aliphatic rings. The molecule has 218 valence electrons. The van der Waals surface area contributed by atoms with E-state index >= 15 is 0 Å². The Morgan fingerprint density at radius 3 is 2.33 bits per heavy atom. The zero-order valence-corrected chi connectivity index (χ0v) is 26.7. The number of carboxylic acids is 1. The first-order valence-corrected chi connectivity index (χ1v) is 14.2. The van der Waals surface area contributed by atoms with Gasteiger partial charge in [-0.1, -0.05) is 60.7 Å². The average Bonchev–Trinajstić information content (AvgIpc) is 3.30. The Labute approximate surface area is 271 Å².